The summed E-state index contributed by atoms with van der Waals surface area (Å²) in [6, 6.07) is 51.0. The number of para-hydroxylation sites is 2. The Morgan fingerprint density at radius 2 is 1.10 bits per heavy atom. The lowest BCUT2D eigenvalue weighted by Crippen LogP contribution is -2.09. The van der Waals surface area contributed by atoms with E-state index >= 15 is 0 Å². The van der Waals surface area contributed by atoms with Crippen molar-refractivity contribution in [2.45, 2.75) is 0 Å². The van der Waals surface area contributed by atoms with Crippen LogP contribution in [0.15, 0.2) is 150 Å². The third-order valence-corrected chi connectivity index (χ3v) is 8.67. The van der Waals surface area contributed by atoms with Gasteiger partial charge in [-0.15, -0.1) is 11.3 Å². The highest BCUT2D eigenvalue weighted by Gasteiger charge is 2.16. The Hall–Kier alpha value is -5.19. The lowest BCUT2D eigenvalue weighted by Gasteiger charge is -2.26. The number of hydrogen-bond acceptors (Lipinski definition) is 4. The lowest BCUT2D eigenvalue weighted by atomic mass is 10.0. The molecule has 4 heteroatoms. The number of nitrogens with zero attached hydrogens (tertiary/aromatic N) is 2. The Morgan fingerprint density at radius 3 is 1.88 bits per heavy atom. The lowest BCUT2D eigenvalue weighted by molar-refractivity contribution is 0.620. The van der Waals surface area contributed by atoms with E-state index in [9.17, 15) is 0 Å². The molecule has 0 N–H and O–H groups in total. The Labute approximate surface area is 241 Å². The molecular weight excluding hydrogens is 520 g/mol. The van der Waals surface area contributed by atoms with Gasteiger partial charge in [-0.3, -0.25) is 0 Å². The molecule has 2 heterocycles. The van der Waals surface area contributed by atoms with Crippen LogP contribution in [0.25, 0.3) is 53.9 Å². The van der Waals surface area contributed by atoms with Crippen molar-refractivity contribution in [1.29, 1.82) is 0 Å². The van der Waals surface area contributed by atoms with Crippen LogP contribution in [-0.2, 0) is 0 Å². The molecular formula is C37H24N2OS. The molecule has 0 atom stereocenters. The maximum atomic E-state index is 6.04. The van der Waals surface area contributed by atoms with E-state index < -0.39 is 0 Å². The first-order valence-electron chi connectivity index (χ1n) is 13.6. The molecule has 41 heavy (non-hydrogen) atoms. The number of fused-ring (bicyclic) bond motifs is 4. The maximum absolute atomic E-state index is 6.04. The predicted molar refractivity (Wildman–Crippen MR) is 172 cm³/mol. The van der Waals surface area contributed by atoms with Gasteiger partial charge in [-0.1, -0.05) is 72.8 Å². The van der Waals surface area contributed by atoms with Crippen LogP contribution in [0.1, 0.15) is 0 Å². The van der Waals surface area contributed by atoms with Crippen molar-refractivity contribution in [1.82, 2.24) is 4.98 Å². The highest BCUT2D eigenvalue weighted by Crippen LogP contribution is 2.41. The first kappa shape index (κ1) is 23.7. The smallest absolute Gasteiger partial charge is 0.227 e. The Kier molecular flexibility index (Phi) is 5.64. The molecule has 3 nitrogen and oxygen atoms in total. The quantitative estimate of drug-likeness (QED) is 0.216. The number of thiophene rings is 1. The van der Waals surface area contributed by atoms with Crippen molar-refractivity contribution in [3.63, 3.8) is 0 Å². The second-order valence-corrected chi connectivity index (χ2v) is 11.1. The van der Waals surface area contributed by atoms with Gasteiger partial charge in [0.25, 0.3) is 0 Å². The van der Waals surface area contributed by atoms with E-state index in [1.807, 2.05) is 35.6 Å². The molecule has 0 bridgehead atoms. The van der Waals surface area contributed by atoms with Crippen LogP contribution < -0.4 is 4.90 Å². The van der Waals surface area contributed by atoms with Crippen LogP contribution in [0, 0.1) is 0 Å². The molecule has 0 amide bonds. The first-order chi connectivity index (χ1) is 20.3. The first-order valence-corrected chi connectivity index (χ1v) is 14.4. The minimum Gasteiger partial charge on any atom is -0.436 e. The van der Waals surface area contributed by atoms with Crippen LogP contribution in [-0.4, -0.2) is 4.98 Å². The minimum absolute atomic E-state index is 0.627. The standard InChI is InChI=1S/C37H24N2OS/c1-2-8-25(9-3-1)26-14-18-28(19-15-26)39(30-22-23-36-32(24-30)31-10-4-7-13-35(31)41-36)29-20-16-27(17-21-29)37-38-33-11-5-6-12-34(33)40-37/h1-24H. The highest BCUT2D eigenvalue weighted by atomic mass is 32.1. The summed E-state index contributed by atoms with van der Waals surface area (Å²) < 4.78 is 8.63. The molecule has 0 aliphatic rings. The van der Waals surface area contributed by atoms with E-state index in [1.54, 1.807) is 0 Å². The fourth-order valence-electron chi connectivity index (χ4n) is 5.48. The fourth-order valence-corrected chi connectivity index (χ4v) is 6.57. The average Bonchev–Trinajstić information content (AvgIpc) is 3.64. The second kappa shape index (κ2) is 9.77. The van der Waals surface area contributed by atoms with Gasteiger partial charge in [-0.2, -0.15) is 0 Å². The van der Waals surface area contributed by atoms with E-state index in [4.69, 9.17) is 9.40 Å². The molecule has 0 radical (unpaired) electrons. The van der Waals surface area contributed by atoms with Crippen LogP contribution in [0.3, 0.4) is 0 Å². The van der Waals surface area contributed by atoms with E-state index in [0.717, 1.165) is 33.7 Å². The zero-order chi connectivity index (χ0) is 27.2. The number of rotatable bonds is 5. The SMILES string of the molecule is c1ccc(-c2ccc(N(c3ccc(-c4nc5ccccc5o4)cc3)c3ccc4sc5ccccc5c4c3)cc2)cc1. The fraction of sp³-hybridized carbons (Fsp3) is 0. The second-order valence-electron chi connectivity index (χ2n) is 10.1. The van der Waals surface area contributed by atoms with Gasteiger partial charge in [0.1, 0.15) is 5.52 Å². The van der Waals surface area contributed by atoms with E-state index in [2.05, 4.69) is 126 Å². The van der Waals surface area contributed by atoms with Crippen molar-refractivity contribution in [3.8, 4) is 22.6 Å². The summed E-state index contributed by atoms with van der Waals surface area (Å²) in [4.78, 5) is 7.01. The van der Waals surface area contributed by atoms with Crippen molar-refractivity contribution in [2.75, 3.05) is 4.90 Å². The summed E-state index contributed by atoms with van der Waals surface area (Å²) in [6.45, 7) is 0. The summed E-state index contributed by atoms with van der Waals surface area (Å²) in [6.07, 6.45) is 0. The molecule has 2 aromatic heterocycles. The molecule has 0 spiro atoms. The van der Waals surface area contributed by atoms with Gasteiger partial charge < -0.3 is 9.32 Å². The van der Waals surface area contributed by atoms with E-state index in [0.29, 0.717) is 5.89 Å². The van der Waals surface area contributed by atoms with Gasteiger partial charge in [0.15, 0.2) is 5.58 Å². The van der Waals surface area contributed by atoms with Crippen molar-refractivity contribution >= 4 is 59.7 Å². The Morgan fingerprint density at radius 1 is 0.488 bits per heavy atom. The average molecular weight is 545 g/mol. The molecule has 6 aromatic carbocycles. The van der Waals surface area contributed by atoms with Gasteiger partial charge in [0, 0.05) is 42.8 Å². The van der Waals surface area contributed by atoms with Crippen LogP contribution in [0.4, 0.5) is 17.1 Å². The van der Waals surface area contributed by atoms with Crippen LogP contribution in [0.5, 0.6) is 0 Å². The van der Waals surface area contributed by atoms with Gasteiger partial charge >= 0.3 is 0 Å². The normalized spacial score (nSPS) is 11.4. The zero-order valence-electron chi connectivity index (χ0n) is 22.1. The number of anilines is 3. The molecule has 0 saturated carbocycles. The molecule has 8 rings (SSSR count). The Balaban J connectivity index is 1.24. The van der Waals surface area contributed by atoms with Crippen LogP contribution >= 0.6 is 11.3 Å². The molecule has 0 saturated heterocycles. The molecule has 8 aromatic rings. The topological polar surface area (TPSA) is 29.3 Å². The van der Waals surface area contributed by atoms with Crippen molar-refractivity contribution in [3.05, 3.63) is 146 Å². The van der Waals surface area contributed by atoms with Crippen molar-refractivity contribution in [2.24, 2.45) is 0 Å². The summed E-state index contributed by atoms with van der Waals surface area (Å²) in [5.41, 5.74) is 8.28. The molecule has 0 fully saturated rings. The number of aromatic nitrogens is 1. The predicted octanol–water partition coefficient (Wildman–Crippen LogP) is 11.0. The monoisotopic (exact) mass is 544 g/mol. The summed E-state index contributed by atoms with van der Waals surface area (Å²) in [5.74, 6) is 0.627. The maximum Gasteiger partial charge on any atom is 0.227 e. The molecule has 0 aliphatic carbocycles. The highest BCUT2D eigenvalue weighted by molar-refractivity contribution is 7.25. The summed E-state index contributed by atoms with van der Waals surface area (Å²) in [7, 11) is 0. The third-order valence-electron chi connectivity index (χ3n) is 7.52. The minimum atomic E-state index is 0.627. The van der Waals surface area contributed by atoms with Gasteiger partial charge in [0.05, 0.1) is 0 Å². The summed E-state index contributed by atoms with van der Waals surface area (Å²) in [5, 5.41) is 2.57. The van der Waals surface area contributed by atoms with E-state index in [-0.39, 0.29) is 0 Å². The largest absolute Gasteiger partial charge is 0.436 e. The number of benzene rings is 6. The molecule has 0 aliphatic heterocycles. The Bertz CT molecular complexity index is 2110. The van der Waals surface area contributed by atoms with Gasteiger partial charge in [-0.05, 0) is 83.9 Å². The molecule has 0 unspecified atom stereocenters. The summed E-state index contributed by atoms with van der Waals surface area (Å²) >= 11 is 1.84. The third kappa shape index (κ3) is 4.26. The van der Waals surface area contributed by atoms with Gasteiger partial charge in [0.2, 0.25) is 5.89 Å². The number of hydrogen-bond donors (Lipinski definition) is 0. The number of oxazole rings is 1. The van der Waals surface area contributed by atoms with Crippen LogP contribution in [0.2, 0.25) is 0 Å². The van der Waals surface area contributed by atoms with Crippen molar-refractivity contribution < 1.29 is 4.42 Å². The van der Waals surface area contributed by atoms with E-state index in [1.165, 1.54) is 31.3 Å². The zero-order valence-corrected chi connectivity index (χ0v) is 22.9. The molecule has 194 valence electrons. The van der Waals surface area contributed by atoms with Gasteiger partial charge in [-0.25, -0.2) is 4.98 Å².